The van der Waals surface area contributed by atoms with Gasteiger partial charge in [-0.1, -0.05) is 17.7 Å². The van der Waals surface area contributed by atoms with Crippen LogP contribution >= 0.6 is 0 Å². The Morgan fingerprint density at radius 3 is 2.29 bits per heavy atom. The predicted molar refractivity (Wildman–Crippen MR) is 80.1 cm³/mol. The summed E-state index contributed by atoms with van der Waals surface area (Å²) in [7, 11) is 0. The first-order valence-electron chi connectivity index (χ1n) is 7.09. The molecule has 1 N–H and O–H groups in total. The molecule has 0 bridgehead atoms. The van der Waals surface area contributed by atoms with Crippen LogP contribution in [-0.4, -0.2) is 28.8 Å². The number of amides is 2. The van der Waals surface area contributed by atoms with Gasteiger partial charge in [-0.3, -0.25) is 9.59 Å². The van der Waals surface area contributed by atoms with Gasteiger partial charge in [-0.05, 0) is 40.7 Å². The third-order valence-corrected chi connectivity index (χ3v) is 3.18. The lowest BCUT2D eigenvalue weighted by Crippen LogP contribution is -2.49. The zero-order valence-corrected chi connectivity index (χ0v) is 13.2. The number of halogens is 1. The Balaban J connectivity index is 2.73. The van der Waals surface area contributed by atoms with E-state index in [4.69, 9.17) is 0 Å². The summed E-state index contributed by atoms with van der Waals surface area (Å²) < 4.78 is 13.6. The summed E-state index contributed by atoms with van der Waals surface area (Å²) in [6.45, 7) is 9.25. The van der Waals surface area contributed by atoms with E-state index in [2.05, 4.69) is 5.32 Å². The minimum atomic E-state index is -0.710. The van der Waals surface area contributed by atoms with Crippen LogP contribution in [0.25, 0.3) is 0 Å². The number of carbonyl (C=O) groups excluding carboxylic acids is 2. The van der Waals surface area contributed by atoms with Crippen LogP contribution in [0.2, 0.25) is 0 Å². The van der Waals surface area contributed by atoms with E-state index >= 15 is 0 Å². The highest BCUT2D eigenvalue weighted by Gasteiger charge is 2.26. The van der Waals surface area contributed by atoms with Gasteiger partial charge in [0, 0.05) is 24.2 Å². The van der Waals surface area contributed by atoms with Crippen molar-refractivity contribution in [2.24, 2.45) is 0 Å². The molecule has 0 saturated carbocycles. The third kappa shape index (κ3) is 4.55. The lowest BCUT2D eigenvalue weighted by Gasteiger charge is -2.30. The molecule has 0 spiro atoms. The molecule has 0 fully saturated rings. The van der Waals surface area contributed by atoms with Crippen LogP contribution < -0.4 is 5.32 Å². The molecule has 0 aromatic heterocycles. The maximum atomic E-state index is 13.6. The van der Waals surface area contributed by atoms with Gasteiger partial charge in [-0.15, -0.1) is 0 Å². The second kappa shape index (κ2) is 7.20. The van der Waals surface area contributed by atoms with E-state index < -0.39 is 17.6 Å². The molecule has 1 rings (SSSR count). The second-order valence-corrected chi connectivity index (χ2v) is 5.68. The summed E-state index contributed by atoms with van der Waals surface area (Å²) in [5.74, 6) is -1.69. The first-order valence-corrected chi connectivity index (χ1v) is 7.09. The molecule has 0 unspecified atom stereocenters. The Morgan fingerprint density at radius 2 is 1.76 bits per heavy atom. The smallest absolute Gasteiger partial charge is 0.312 e. The number of nitrogens with one attached hydrogen (secondary N) is 1. The van der Waals surface area contributed by atoms with Gasteiger partial charge in [0.05, 0.1) is 0 Å². The van der Waals surface area contributed by atoms with Crippen LogP contribution in [0.1, 0.15) is 38.8 Å². The SMILES string of the molecule is Cc1ccc(F)c(CNC(=O)C(=O)N(C(C)C)C(C)C)c1. The van der Waals surface area contributed by atoms with Gasteiger partial charge in [-0.25, -0.2) is 4.39 Å². The van der Waals surface area contributed by atoms with E-state index in [9.17, 15) is 14.0 Å². The van der Waals surface area contributed by atoms with Crippen LogP contribution in [-0.2, 0) is 16.1 Å². The van der Waals surface area contributed by atoms with Crippen molar-refractivity contribution in [1.29, 1.82) is 0 Å². The largest absolute Gasteiger partial charge is 0.344 e. The number of carbonyl (C=O) groups is 2. The highest BCUT2D eigenvalue weighted by molar-refractivity contribution is 6.35. The molecular formula is C16H23FN2O2. The van der Waals surface area contributed by atoms with E-state index in [1.54, 1.807) is 12.1 Å². The van der Waals surface area contributed by atoms with Crippen molar-refractivity contribution in [3.63, 3.8) is 0 Å². The van der Waals surface area contributed by atoms with E-state index in [1.165, 1.54) is 11.0 Å². The highest BCUT2D eigenvalue weighted by Crippen LogP contribution is 2.10. The number of rotatable bonds is 4. The fraction of sp³-hybridized carbons (Fsp3) is 0.500. The molecule has 0 saturated heterocycles. The molecule has 0 aliphatic carbocycles. The Labute approximate surface area is 125 Å². The molecule has 1 aromatic carbocycles. The molecule has 0 aliphatic heterocycles. The fourth-order valence-corrected chi connectivity index (χ4v) is 2.27. The van der Waals surface area contributed by atoms with E-state index in [0.29, 0.717) is 5.56 Å². The molecule has 0 aliphatic rings. The number of benzene rings is 1. The molecule has 116 valence electrons. The summed E-state index contributed by atoms with van der Waals surface area (Å²) in [6, 6.07) is 4.53. The Morgan fingerprint density at radius 1 is 1.19 bits per heavy atom. The van der Waals surface area contributed by atoms with E-state index in [1.807, 2.05) is 34.6 Å². The molecule has 0 atom stereocenters. The zero-order valence-electron chi connectivity index (χ0n) is 13.2. The quantitative estimate of drug-likeness (QED) is 0.867. The minimum Gasteiger partial charge on any atom is -0.344 e. The lowest BCUT2D eigenvalue weighted by molar-refractivity contribution is -0.148. The second-order valence-electron chi connectivity index (χ2n) is 5.68. The molecule has 0 heterocycles. The molecule has 2 amide bonds. The number of hydrogen-bond donors (Lipinski definition) is 1. The summed E-state index contributed by atoms with van der Waals surface area (Å²) in [5, 5.41) is 2.49. The van der Waals surface area contributed by atoms with Gasteiger partial charge in [0.25, 0.3) is 0 Å². The van der Waals surface area contributed by atoms with Crippen molar-refractivity contribution < 1.29 is 14.0 Å². The molecule has 0 radical (unpaired) electrons. The summed E-state index contributed by atoms with van der Waals surface area (Å²) in [6.07, 6.45) is 0. The van der Waals surface area contributed by atoms with Crippen LogP contribution in [0, 0.1) is 12.7 Å². The van der Waals surface area contributed by atoms with E-state index in [-0.39, 0.29) is 18.6 Å². The van der Waals surface area contributed by atoms with Crippen molar-refractivity contribution in [3.8, 4) is 0 Å². The van der Waals surface area contributed by atoms with Gasteiger partial charge in [0.2, 0.25) is 0 Å². The molecular weight excluding hydrogens is 271 g/mol. The lowest BCUT2D eigenvalue weighted by atomic mass is 10.1. The van der Waals surface area contributed by atoms with Crippen molar-refractivity contribution in [3.05, 3.63) is 35.1 Å². The third-order valence-electron chi connectivity index (χ3n) is 3.18. The predicted octanol–water partition coefficient (Wildman–Crippen LogP) is 2.40. The van der Waals surface area contributed by atoms with Gasteiger partial charge in [0.15, 0.2) is 0 Å². The molecule has 21 heavy (non-hydrogen) atoms. The Hall–Kier alpha value is -1.91. The average molecular weight is 294 g/mol. The molecule has 1 aromatic rings. The maximum Gasteiger partial charge on any atom is 0.312 e. The number of aryl methyl sites for hydroxylation is 1. The zero-order chi connectivity index (χ0) is 16.2. The van der Waals surface area contributed by atoms with Crippen LogP contribution in [0.4, 0.5) is 4.39 Å². The standard InChI is InChI=1S/C16H23FN2O2/c1-10(2)19(11(3)4)16(21)15(20)18-9-13-8-12(5)6-7-14(13)17/h6-8,10-11H,9H2,1-5H3,(H,18,20). The summed E-state index contributed by atoms with van der Waals surface area (Å²) in [5.41, 5.74) is 1.27. The van der Waals surface area contributed by atoms with Crippen molar-refractivity contribution >= 4 is 11.8 Å². The van der Waals surface area contributed by atoms with Crippen LogP contribution in [0.5, 0.6) is 0 Å². The average Bonchev–Trinajstić information content (AvgIpc) is 2.38. The van der Waals surface area contributed by atoms with Crippen LogP contribution in [0.3, 0.4) is 0 Å². The summed E-state index contributed by atoms with van der Waals surface area (Å²) >= 11 is 0. The molecule has 4 nitrogen and oxygen atoms in total. The fourth-order valence-electron chi connectivity index (χ4n) is 2.27. The van der Waals surface area contributed by atoms with Gasteiger partial charge in [0.1, 0.15) is 5.82 Å². The van der Waals surface area contributed by atoms with Crippen molar-refractivity contribution in [2.75, 3.05) is 0 Å². The number of hydrogen-bond acceptors (Lipinski definition) is 2. The first-order chi connectivity index (χ1) is 9.73. The number of nitrogens with zero attached hydrogens (tertiary/aromatic N) is 1. The normalized spacial score (nSPS) is 10.9. The van der Waals surface area contributed by atoms with Gasteiger partial charge < -0.3 is 10.2 Å². The Bertz CT molecular complexity index is 519. The minimum absolute atomic E-state index is 0.00210. The van der Waals surface area contributed by atoms with Gasteiger partial charge in [-0.2, -0.15) is 0 Å². The van der Waals surface area contributed by atoms with Crippen molar-refractivity contribution in [2.45, 2.75) is 53.2 Å². The molecule has 5 heteroatoms. The van der Waals surface area contributed by atoms with E-state index in [0.717, 1.165) is 5.56 Å². The highest BCUT2D eigenvalue weighted by atomic mass is 19.1. The van der Waals surface area contributed by atoms with Crippen molar-refractivity contribution in [1.82, 2.24) is 10.2 Å². The summed E-state index contributed by atoms with van der Waals surface area (Å²) in [4.78, 5) is 25.6. The monoisotopic (exact) mass is 294 g/mol. The maximum absolute atomic E-state index is 13.6. The van der Waals surface area contributed by atoms with Gasteiger partial charge >= 0.3 is 11.8 Å². The Kier molecular flexibility index (Phi) is 5.88. The topological polar surface area (TPSA) is 49.4 Å². The first kappa shape index (κ1) is 17.1. The van der Waals surface area contributed by atoms with Crippen LogP contribution in [0.15, 0.2) is 18.2 Å².